The molecule has 2 heterocycles. The average Bonchev–Trinajstić information content (AvgIpc) is 3.45. The molecule has 2 N–H and O–H groups in total. The van der Waals surface area contributed by atoms with Gasteiger partial charge in [-0.3, -0.25) is 14.5 Å². The summed E-state index contributed by atoms with van der Waals surface area (Å²) in [5, 5.41) is 5.79. The number of fused-ring (bicyclic) bond motifs is 1. The van der Waals surface area contributed by atoms with Gasteiger partial charge in [0.05, 0.1) is 6.04 Å². The Balaban J connectivity index is 1.42. The molecule has 2 amide bonds. The number of rotatable bonds is 5. The third kappa shape index (κ3) is 4.17. The van der Waals surface area contributed by atoms with Crippen molar-refractivity contribution in [3.05, 3.63) is 29.3 Å². The molecule has 1 aromatic carbocycles. The summed E-state index contributed by atoms with van der Waals surface area (Å²) in [7, 11) is 2.13. The van der Waals surface area contributed by atoms with Crippen LogP contribution in [0.2, 0.25) is 0 Å². The van der Waals surface area contributed by atoms with E-state index in [1.807, 2.05) is 0 Å². The van der Waals surface area contributed by atoms with Gasteiger partial charge in [-0.2, -0.15) is 0 Å². The van der Waals surface area contributed by atoms with Crippen molar-refractivity contribution in [1.29, 1.82) is 0 Å². The zero-order chi connectivity index (χ0) is 19.5. The molecule has 0 aromatic heterocycles. The lowest BCUT2D eigenvalue weighted by Crippen LogP contribution is -2.46. The van der Waals surface area contributed by atoms with Crippen LogP contribution in [0.15, 0.2) is 18.2 Å². The van der Waals surface area contributed by atoms with Crippen LogP contribution in [0.1, 0.15) is 55.7 Å². The Morgan fingerprint density at radius 3 is 2.57 bits per heavy atom. The van der Waals surface area contributed by atoms with Crippen molar-refractivity contribution in [1.82, 2.24) is 15.5 Å². The van der Waals surface area contributed by atoms with Crippen LogP contribution in [0.5, 0.6) is 0 Å². The monoisotopic (exact) mass is 384 g/mol. The van der Waals surface area contributed by atoms with Crippen molar-refractivity contribution in [2.24, 2.45) is 0 Å². The van der Waals surface area contributed by atoms with Gasteiger partial charge >= 0.3 is 11.8 Å². The summed E-state index contributed by atoms with van der Waals surface area (Å²) in [6, 6.07) is 6.99. The molecule has 3 aliphatic rings. The molecule has 152 valence electrons. The van der Waals surface area contributed by atoms with E-state index in [2.05, 4.69) is 45.7 Å². The third-order valence-corrected chi connectivity index (χ3v) is 6.55. The summed E-state index contributed by atoms with van der Waals surface area (Å²) < 4.78 is 0. The first-order chi connectivity index (χ1) is 13.6. The number of likely N-dealkylation sites (N-methyl/N-ethyl adjacent to an activating group) is 1. The van der Waals surface area contributed by atoms with Gasteiger partial charge < -0.3 is 15.5 Å². The van der Waals surface area contributed by atoms with E-state index < -0.39 is 11.8 Å². The molecule has 1 aromatic rings. The second-order valence-electron chi connectivity index (χ2n) is 8.48. The Bertz CT molecular complexity index is 723. The fourth-order valence-electron chi connectivity index (χ4n) is 4.90. The number of anilines is 1. The van der Waals surface area contributed by atoms with Gasteiger partial charge in [-0.25, -0.2) is 0 Å². The summed E-state index contributed by atoms with van der Waals surface area (Å²) >= 11 is 0. The zero-order valence-corrected chi connectivity index (χ0v) is 16.9. The summed E-state index contributed by atoms with van der Waals surface area (Å²) in [5.41, 5.74) is 3.94. The highest BCUT2D eigenvalue weighted by atomic mass is 16.2. The van der Waals surface area contributed by atoms with Gasteiger partial charge in [-0.05, 0) is 62.4 Å². The minimum absolute atomic E-state index is 0.127. The first kappa shape index (κ1) is 19.2. The molecule has 0 radical (unpaired) electrons. The van der Waals surface area contributed by atoms with Crippen LogP contribution in [-0.4, -0.2) is 56.0 Å². The molecule has 1 saturated heterocycles. The summed E-state index contributed by atoms with van der Waals surface area (Å²) in [4.78, 5) is 29.3. The van der Waals surface area contributed by atoms with E-state index in [1.54, 1.807) is 0 Å². The van der Waals surface area contributed by atoms with Gasteiger partial charge in [0.15, 0.2) is 0 Å². The topological polar surface area (TPSA) is 64.7 Å². The van der Waals surface area contributed by atoms with E-state index in [1.165, 1.54) is 29.7 Å². The third-order valence-electron chi connectivity index (χ3n) is 6.55. The lowest BCUT2D eigenvalue weighted by atomic mass is 10.0. The molecule has 6 nitrogen and oxygen atoms in total. The normalized spacial score (nSPS) is 21.0. The maximum atomic E-state index is 12.4. The number of nitrogens with zero attached hydrogens (tertiary/aromatic N) is 2. The minimum Gasteiger partial charge on any atom is -0.374 e. The first-order valence-corrected chi connectivity index (χ1v) is 10.8. The molecule has 28 heavy (non-hydrogen) atoms. The quantitative estimate of drug-likeness (QED) is 0.762. The van der Waals surface area contributed by atoms with Crippen molar-refractivity contribution in [3.8, 4) is 0 Å². The van der Waals surface area contributed by atoms with Crippen LogP contribution in [0.3, 0.4) is 0 Å². The molecule has 6 heteroatoms. The highest BCUT2D eigenvalue weighted by Gasteiger charge is 2.27. The number of likely N-dealkylation sites (tertiary alicyclic amines) is 1. The fraction of sp³-hybridized carbons (Fsp3) is 0.636. The van der Waals surface area contributed by atoms with E-state index in [9.17, 15) is 9.59 Å². The molecule has 0 bridgehead atoms. The van der Waals surface area contributed by atoms with Crippen LogP contribution >= 0.6 is 0 Å². The molecule has 1 atom stereocenters. The van der Waals surface area contributed by atoms with Crippen molar-refractivity contribution < 1.29 is 9.59 Å². The Hall–Kier alpha value is -2.08. The predicted octanol–water partition coefficient (Wildman–Crippen LogP) is 1.99. The lowest BCUT2D eigenvalue weighted by Gasteiger charge is -2.29. The Morgan fingerprint density at radius 1 is 1.07 bits per heavy atom. The van der Waals surface area contributed by atoms with Crippen LogP contribution in [0.4, 0.5) is 5.69 Å². The fourth-order valence-corrected chi connectivity index (χ4v) is 4.90. The standard InChI is InChI=1S/C22H32N4O2/c1-25-13-10-17-14-16(8-9-19(17)25)20(26-11-4-5-12-26)15-23-21(27)22(28)24-18-6-2-3-7-18/h8-9,14,18,20H,2-7,10-13,15H2,1H3,(H,23,27)(H,24,28)/t20-/m1/s1. The van der Waals surface area contributed by atoms with Crippen molar-refractivity contribution in [2.75, 3.05) is 38.1 Å². The summed E-state index contributed by atoms with van der Waals surface area (Å²) in [6.07, 6.45) is 7.70. The molecule has 4 rings (SSSR count). The Labute approximate surface area is 167 Å². The number of hydrogen-bond donors (Lipinski definition) is 2. The maximum Gasteiger partial charge on any atom is 0.309 e. The first-order valence-electron chi connectivity index (χ1n) is 10.8. The van der Waals surface area contributed by atoms with Crippen LogP contribution in [0, 0.1) is 0 Å². The molecular weight excluding hydrogens is 352 g/mol. The van der Waals surface area contributed by atoms with E-state index in [0.29, 0.717) is 6.54 Å². The zero-order valence-electron chi connectivity index (χ0n) is 16.9. The van der Waals surface area contributed by atoms with Gasteiger partial charge in [-0.1, -0.05) is 25.0 Å². The predicted molar refractivity (Wildman–Crippen MR) is 110 cm³/mol. The largest absolute Gasteiger partial charge is 0.374 e. The Kier molecular flexibility index (Phi) is 5.85. The molecule has 2 fully saturated rings. The van der Waals surface area contributed by atoms with E-state index in [-0.39, 0.29) is 12.1 Å². The van der Waals surface area contributed by atoms with Gasteiger partial charge in [0.2, 0.25) is 0 Å². The van der Waals surface area contributed by atoms with Crippen LogP contribution < -0.4 is 15.5 Å². The van der Waals surface area contributed by atoms with Crippen LogP contribution in [0.25, 0.3) is 0 Å². The highest BCUT2D eigenvalue weighted by Crippen LogP contribution is 2.32. The number of hydrogen-bond acceptors (Lipinski definition) is 4. The van der Waals surface area contributed by atoms with E-state index in [4.69, 9.17) is 0 Å². The molecule has 0 spiro atoms. The Morgan fingerprint density at radius 2 is 1.82 bits per heavy atom. The lowest BCUT2D eigenvalue weighted by molar-refractivity contribution is -0.139. The number of carbonyl (C=O) groups is 2. The smallest absolute Gasteiger partial charge is 0.309 e. The SMILES string of the molecule is CN1CCc2cc([C@@H](CNC(=O)C(=O)NC3CCCC3)N3CCCC3)ccc21. The van der Waals surface area contributed by atoms with Gasteiger partial charge in [-0.15, -0.1) is 0 Å². The summed E-state index contributed by atoms with van der Waals surface area (Å²) in [6.45, 7) is 3.63. The number of nitrogens with one attached hydrogen (secondary N) is 2. The van der Waals surface area contributed by atoms with Gasteiger partial charge in [0.1, 0.15) is 0 Å². The number of amides is 2. The molecule has 2 aliphatic heterocycles. The molecule has 0 unspecified atom stereocenters. The molecular formula is C22H32N4O2. The van der Waals surface area contributed by atoms with E-state index in [0.717, 1.165) is 51.7 Å². The highest BCUT2D eigenvalue weighted by molar-refractivity contribution is 6.35. The molecule has 1 saturated carbocycles. The van der Waals surface area contributed by atoms with Crippen molar-refractivity contribution in [3.63, 3.8) is 0 Å². The van der Waals surface area contributed by atoms with Gasteiger partial charge in [0.25, 0.3) is 0 Å². The second-order valence-corrected chi connectivity index (χ2v) is 8.48. The second kappa shape index (κ2) is 8.52. The minimum atomic E-state index is -0.503. The van der Waals surface area contributed by atoms with Crippen LogP contribution in [-0.2, 0) is 16.0 Å². The molecule has 1 aliphatic carbocycles. The summed E-state index contributed by atoms with van der Waals surface area (Å²) in [5.74, 6) is -0.986. The van der Waals surface area contributed by atoms with E-state index >= 15 is 0 Å². The van der Waals surface area contributed by atoms with Gasteiger partial charge in [0, 0.05) is 31.9 Å². The van der Waals surface area contributed by atoms with Crippen molar-refractivity contribution in [2.45, 2.75) is 57.0 Å². The average molecular weight is 385 g/mol. The number of benzene rings is 1. The van der Waals surface area contributed by atoms with Crippen molar-refractivity contribution >= 4 is 17.5 Å². The number of carbonyl (C=O) groups excluding carboxylic acids is 2. The maximum absolute atomic E-state index is 12.4.